The second kappa shape index (κ2) is 8.45. The first kappa shape index (κ1) is 19.4. The second-order valence-electron chi connectivity index (χ2n) is 6.92. The number of nitrogens with zero attached hydrogens (tertiary/aromatic N) is 2. The lowest BCUT2D eigenvalue weighted by molar-refractivity contribution is -0.139. The Hall–Kier alpha value is -1.92. The van der Waals surface area contributed by atoms with Gasteiger partial charge in [0.2, 0.25) is 5.91 Å². The number of carboxylic acids is 1. The van der Waals surface area contributed by atoms with Gasteiger partial charge in [-0.25, -0.2) is 0 Å². The molecule has 1 aliphatic rings. The Morgan fingerprint density at radius 1 is 1.16 bits per heavy atom. The standard InChI is InChI=1S/C19H29N3O3/c1-13-4-5-16(12-14(13)2)15(3)21-8-10-22(11-9-21)18(23)7-6-17(20)19(24)25/h4-5,12,15,17H,6-11,20H2,1-3H3,(H,24,25)/t15?,17-/m0/s1. The lowest BCUT2D eigenvalue weighted by Gasteiger charge is -2.38. The van der Waals surface area contributed by atoms with E-state index >= 15 is 0 Å². The highest BCUT2D eigenvalue weighted by molar-refractivity contribution is 5.78. The fourth-order valence-corrected chi connectivity index (χ4v) is 3.15. The van der Waals surface area contributed by atoms with Crippen LogP contribution in [0.5, 0.6) is 0 Å². The molecule has 25 heavy (non-hydrogen) atoms. The molecule has 0 radical (unpaired) electrons. The molecule has 0 bridgehead atoms. The normalized spacial score (nSPS) is 18.0. The third kappa shape index (κ3) is 5.03. The fraction of sp³-hybridized carbons (Fsp3) is 0.579. The molecule has 1 aliphatic heterocycles. The minimum absolute atomic E-state index is 0.00446. The maximum atomic E-state index is 12.2. The predicted molar refractivity (Wildman–Crippen MR) is 97.3 cm³/mol. The van der Waals surface area contributed by atoms with Crippen LogP contribution in [0.2, 0.25) is 0 Å². The molecule has 6 heteroatoms. The quantitative estimate of drug-likeness (QED) is 0.818. The van der Waals surface area contributed by atoms with Gasteiger partial charge in [-0.05, 0) is 43.9 Å². The van der Waals surface area contributed by atoms with Crippen molar-refractivity contribution in [3.63, 3.8) is 0 Å². The molecule has 0 spiro atoms. The average Bonchev–Trinajstić information content (AvgIpc) is 2.61. The lowest BCUT2D eigenvalue weighted by Crippen LogP contribution is -2.49. The fourth-order valence-electron chi connectivity index (χ4n) is 3.15. The summed E-state index contributed by atoms with van der Waals surface area (Å²) >= 11 is 0. The monoisotopic (exact) mass is 347 g/mol. The van der Waals surface area contributed by atoms with E-state index in [0.29, 0.717) is 19.1 Å². The zero-order chi connectivity index (χ0) is 18.6. The minimum atomic E-state index is -1.06. The number of carboxylic acid groups (broad SMARTS) is 1. The van der Waals surface area contributed by atoms with E-state index in [2.05, 4.69) is 43.9 Å². The third-order valence-electron chi connectivity index (χ3n) is 5.21. The molecular formula is C19H29N3O3. The molecule has 3 N–H and O–H groups in total. The van der Waals surface area contributed by atoms with Crippen molar-refractivity contribution >= 4 is 11.9 Å². The molecule has 1 heterocycles. The van der Waals surface area contributed by atoms with Gasteiger partial charge in [0.25, 0.3) is 0 Å². The van der Waals surface area contributed by atoms with Crippen molar-refractivity contribution in [3.8, 4) is 0 Å². The molecule has 0 saturated carbocycles. The number of aryl methyl sites for hydroxylation is 2. The average molecular weight is 347 g/mol. The summed E-state index contributed by atoms with van der Waals surface area (Å²) in [5.74, 6) is -1.06. The SMILES string of the molecule is Cc1ccc(C(C)N2CCN(C(=O)CC[C@H](N)C(=O)O)CC2)cc1C. The largest absolute Gasteiger partial charge is 0.480 e. The highest BCUT2D eigenvalue weighted by Crippen LogP contribution is 2.23. The Kier molecular flexibility index (Phi) is 6.56. The van der Waals surface area contributed by atoms with Crippen molar-refractivity contribution in [1.82, 2.24) is 9.80 Å². The number of piperazine rings is 1. The number of rotatable bonds is 6. The van der Waals surface area contributed by atoms with Crippen molar-refractivity contribution in [2.24, 2.45) is 5.73 Å². The first-order chi connectivity index (χ1) is 11.8. The van der Waals surface area contributed by atoms with Crippen LogP contribution in [-0.4, -0.2) is 59.0 Å². The van der Waals surface area contributed by atoms with Gasteiger partial charge in [-0.15, -0.1) is 0 Å². The molecule has 1 aromatic rings. The highest BCUT2D eigenvalue weighted by Gasteiger charge is 2.25. The smallest absolute Gasteiger partial charge is 0.320 e. The molecule has 138 valence electrons. The van der Waals surface area contributed by atoms with Crippen molar-refractivity contribution in [2.45, 2.75) is 45.7 Å². The molecule has 1 saturated heterocycles. The van der Waals surface area contributed by atoms with Gasteiger partial charge in [0.15, 0.2) is 0 Å². The van der Waals surface area contributed by atoms with E-state index in [0.717, 1.165) is 13.1 Å². The molecule has 0 aliphatic carbocycles. The first-order valence-corrected chi connectivity index (χ1v) is 8.87. The Bertz CT molecular complexity index is 624. The van der Waals surface area contributed by atoms with Gasteiger partial charge in [0, 0.05) is 38.6 Å². The summed E-state index contributed by atoms with van der Waals surface area (Å²) in [5.41, 5.74) is 9.36. The van der Waals surface area contributed by atoms with Crippen molar-refractivity contribution in [1.29, 1.82) is 0 Å². The summed E-state index contributed by atoms with van der Waals surface area (Å²) in [6.45, 7) is 9.45. The van der Waals surface area contributed by atoms with Crippen LogP contribution in [0.15, 0.2) is 18.2 Å². The van der Waals surface area contributed by atoms with Gasteiger partial charge in [0.05, 0.1) is 0 Å². The number of aliphatic carboxylic acids is 1. The van der Waals surface area contributed by atoms with Crippen molar-refractivity contribution in [2.75, 3.05) is 26.2 Å². The van der Waals surface area contributed by atoms with Crippen LogP contribution in [0.1, 0.15) is 42.5 Å². The number of benzene rings is 1. The lowest BCUT2D eigenvalue weighted by atomic mass is 10.0. The molecule has 0 aromatic heterocycles. The van der Waals surface area contributed by atoms with Crippen LogP contribution in [0.3, 0.4) is 0 Å². The van der Waals surface area contributed by atoms with E-state index in [4.69, 9.17) is 10.8 Å². The Labute approximate surface area is 149 Å². The number of amides is 1. The summed E-state index contributed by atoms with van der Waals surface area (Å²) < 4.78 is 0. The third-order valence-corrected chi connectivity index (χ3v) is 5.21. The van der Waals surface area contributed by atoms with Gasteiger partial charge >= 0.3 is 5.97 Å². The van der Waals surface area contributed by atoms with Crippen LogP contribution < -0.4 is 5.73 Å². The van der Waals surface area contributed by atoms with Crippen LogP contribution in [0.4, 0.5) is 0 Å². The summed E-state index contributed by atoms with van der Waals surface area (Å²) in [7, 11) is 0. The van der Waals surface area contributed by atoms with Gasteiger partial charge in [-0.3, -0.25) is 14.5 Å². The number of carbonyl (C=O) groups is 2. The summed E-state index contributed by atoms with van der Waals surface area (Å²) in [5, 5.41) is 8.79. The molecule has 1 aromatic carbocycles. The van der Waals surface area contributed by atoms with E-state index in [9.17, 15) is 9.59 Å². The molecular weight excluding hydrogens is 318 g/mol. The molecule has 2 rings (SSSR count). The van der Waals surface area contributed by atoms with Gasteiger partial charge in [-0.1, -0.05) is 18.2 Å². The predicted octanol–water partition coefficient (Wildman–Crippen LogP) is 1.70. The second-order valence-corrected chi connectivity index (χ2v) is 6.92. The maximum absolute atomic E-state index is 12.2. The number of hydrogen-bond donors (Lipinski definition) is 2. The molecule has 1 fully saturated rings. The summed E-state index contributed by atoms with van der Waals surface area (Å²) in [6, 6.07) is 5.93. The van der Waals surface area contributed by atoms with Crippen LogP contribution in [0.25, 0.3) is 0 Å². The minimum Gasteiger partial charge on any atom is -0.480 e. The van der Waals surface area contributed by atoms with Crippen molar-refractivity contribution in [3.05, 3.63) is 34.9 Å². The van der Waals surface area contributed by atoms with E-state index in [1.165, 1.54) is 16.7 Å². The zero-order valence-electron chi connectivity index (χ0n) is 15.4. The van der Waals surface area contributed by atoms with Gasteiger partial charge in [0.1, 0.15) is 6.04 Å². The summed E-state index contributed by atoms with van der Waals surface area (Å²) in [4.78, 5) is 27.1. The Morgan fingerprint density at radius 2 is 1.80 bits per heavy atom. The molecule has 1 amide bonds. The number of carbonyl (C=O) groups excluding carboxylic acids is 1. The molecule has 6 nitrogen and oxygen atoms in total. The zero-order valence-corrected chi connectivity index (χ0v) is 15.4. The van der Waals surface area contributed by atoms with Crippen LogP contribution >= 0.6 is 0 Å². The molecule has 1 unspecified atom stereocenters. The molecule has 2 atom stereocenters. The van der Waals surface area contributed by atoms with Gasteiger partial charge < -0.3 is 15.7 Å². The Balaban J connectivity index is 1.85. The number of hydrogen-bond acceptors (Lipinski definition) is 4. The number of nitrogens with two attached hydrogens (primary N) is 1. The van der Waals surface area contributed by atoms with Crippen LogP contribution in [-0.2, 0) is 9.59 Å². The van der Waals surface area contributed by atoms with E-state index in [1.807, 2.05) is 4.90 Å². The van der Waals surface area contributed by atoms with E-state index < -0.39 is 12.0 Å². The van der Waals surface area contributed by atoms with Crippen LogP contribution in [0, 0.1) is 13.8 Å². The summed E-state index contributed by atoms with van der Waals surface area (Å²) in [6.07, 6.45) is 0.383. The van der Waals surface area contributed by atoms with Gasteiger partial charge in [-0.2, -0.15) is 0 Å². The van der Waals surface area contributed by atoms with Crippen molar-refractivity contribution < 1.29 is 14.7 Å². The first-order valence-electron chi connectivity index (χ1n) is 8.87. The van der Waals surface area contributed by atoms with E-state index in [1.54, 1.807) is 0 Å². The highest BCUT2D eigenvalue weighted by atomic mass is 16.4. The Morgan fingerprint density at radius 3 is 2.36 bits per heavy atom. The van der Waals surface area contributed by atoms with E-state index in [-0.39, 0.29) is 18.7 Å². The topological polar surface area (TPSA) is 86.9 Å². The maximum Gasteiger partial charge on any atom is 0.320 e.